The Hall–Kier alpha value is -3.02. The van der Waals surface area contributed by atoms with Crippen molar-refractivity contribution in [2.75, 3.05) is 0 Å². The molecule has 0 N–H and O–H groups in total. The van der Waals surface area contributed by atoms with Crippen molar-refractivity contribution in [1.82, 2.24) is 9.80 Å². The molecule has 2 aliphatic heterocycles. The smallest absolute Gasteiger partial charge is 0.261 e. The van der Waals surface area contributed by atoms with Gasteiger partial charge in [0.25, 0.3) is 23.6 Å². The second-order valence-corrected chi connectivity index (χ2v) is 12.2. The van der Waals surface area contributed by atoms with Gasteiger partial charge >= 0.3 is 0 Å². The van der Waals surface area contributed by atoms with E-state index >= 15 is 0 Å². The van der Waals surface area contributed by atoms with Crippen molar-refractivity contribution in [1.29, 1.82) is 0 Å². The average molecular weight is 499 g/mol. The first-order valence-electron chi connectivity index (χ1n) is 14.3. The van der Waals surface area contributed by atoms with E-state index in [-0.39, 0.29) is 35.7 Å². The van der Waals surface area contributed by atoms with E-state index in [1.165, 1.54) is 35.5 Å². The fourth-order valence-corrected chi connectivity index (χ4v) is 8.16. The maximum Gasteiger partial charge on any atom is 0.261 e. The molecule has 4 amide bonds. The van der Waals surface area contributed by atoms with Crippen molar-refractivity contribution in [3.05, 3.63) is 46.5 Å². The quantitative estimate of drug-likeness (QED) is 0.478. The van der Waals surface area contributed by atoms with Gasteiger partial charge in [-0.05, 0) is 87.0 Å². The first kappa shape index (κ1) is 23.1. The first-order chi connectivity index (χ1) is 17.9. The molecule has 192 valence electrons. The lowest BCUT2D eigenvalue weighted by molar-refractivity contribution is 0.0389. The van der Waals surface area contributed by atoms with E-state index in [9.17, 15) is 19.2 Å². The van der Waals surface area contributed by atoms with Gasteiger partial charge in [0.15, 0.2) is 0 Å². The van der Waals surface area contributed by atoms with Crippen LogP contribution < -0.4 is 0 Å². The molecular formula is C31H34N2O4. The van der Waals surface area contributed by atoms with Crippen molar-refractivity contribution < 1.29 is 19.2 Å². The van der Waals surface area contributed by atoms with Crippen molar-refractivity contribution >= 4 is 34.4 Å². The van der Waals surface area contributed by atoms with E-state index < -0.39 is 0 Å². The highest BCUT2D eigenvalue weighted by molar-refractivity contribution is 6.33. The summed E-state index contributed by atoms with van der Waals surface area (Å²) in [6, 6.07) is 6.67. The van der Waals surface area contributed by atoms with Crippen LogP contribution in [0.15, 0.2) is 24.3 Å². The lowest BCUT2D eigenvalue weighted by atomic mass is 9.69. The summed E-state index contributed by atoms with van der Waals surface area (Å²) in [6.07, 6.45) is 11.5. The fourth-order valence-electron chi connectivity index (χ4n) is 8.16. The standard InChI is InChI=1S/C31H34N2O4/c1-17-6-9-20(10-7-17)32-28(34)22-12-14-24-27-25(15-13-23(26(22)27)29(32)35)31(37)33(30(24)36)21-11-8-18-4-2-3-5-19(18)16-21/h12-15,17-21H,2-11,16H2,1H3/t17?,18-,19-,20?,21?/m1/s1. The first-order valence-corrected chi connectivity index (χ1v) is 14.3. The highest BCUT2D eigenvalue weighted by Gasteiger charge is 2.45. The van der Waals surface area contributed by atoms with Crippen LogP contribution in [0.5, 0.6) is 0 Å². The Balaban J connectivity index is 1.27. The maximum absolute atomic E-state index is 13.8. The molecule has 37 heavy (non-hydrogen) atoms. The van der Waals surface area contributed by atoms with Gasteiger partial charge in [-0.3, -0.25) is 29.0 Å². The Morgan fingerprint density at radius 3 is 1.49 bits per heavy atom. The van der Waals surface area contributed by atoms with Crippen molar-refractivity contribution in [2.24, 2.45) is 17.8 Å². The summed E-state index contributed by atoms with van der Waals surface area (Å²) in [5.41, 5.74) is 1.76. The van der Waals surface area contributed by atoms with E-state index in [1.54, 1.807) is 24.3 Å². The molecule has 1 unspecified atom stereocenters. The minimum atomic E-state index is -0.293. The van der Waals surface area contributed by atoms with Crippen LogP contribution in [0, 0.1) is 17.8 Å². The number of nitrogens with zero attached hydrogens (tertiary/aromatic N) is 2. The molecule has 3 atom stereocenters. The summed E-state index contributed by atoms with van der Waals surface area (Å²) in [7, 11) is 0. The number of amides is 4. The number of carbonyl (C=O) groups is 4. The predicted molar refractivity (Wildman–Crippen MR) is 139 cm³/mol. The van der Waals surface area contributed by atoms with Crippen molar-refractivity contribution in [3.8, 4) is 0 Å². The predicted octanol–water partition coefficient (Wildman–Crippen LogP) is 5.97. The zero-order chi connectivity index (χ0) is 25.4. The van der Waals surface area contributed by atoms with Gasteiger partial charge in [0.05, 0.1) is 0 Å². The van der Waals surface area contributed by atoms with Crippen LogP contribution in [0.3, 0.4) is 0 Å². The molecule has 0 spiro atoms. The molecular weight excluding hydrogens is 464 g/mol. The minimum Gasteiger partial charge on any atom is -0.271 e. The molecule has 2 heterocycles. The zero-order valence-corrected chi connectivity index (χ0v) is 21.5. The third-order valence-electron chi connectivity index (χ3n) is 10.2. The molecule has 0 bridgehead atoms. The van der Waals surface area contributed by atoms with E-state index in [2.05, 4.69) is 6.92 Å². The highest BCUT2D eigenvalue weighted by Crippen LogP contribution is 2.45. The van der Waals surface area contributed by atoms with Gasteiger partial charge < -0.3 is 0 Å². The van der Waals surface area contributed by atoms with Gasteiger partial charge in [0, 0.05) is 45.1 Å². The van der Waals surface area contributed by atoms with Crippen LogP contribution >= 0.6 is 0 Å². The number of rotatable bonds is 2. The molecule has 3 aliphatic carbocycles. The molecule has 3 fully saturated rings. The van der Waals surface area contributed by atoms with Crippen molar-refractivity contribution in [2.45, 2.75) is 89.6 Å². The van der Waals surface area contributed by atoms with Gasteiger partial charge in [0.2, 0.25) is 0 Å². The average Bonchev–Trinajstić information content (AvgIpc) is 2.91. The SMILES string of the molecule is CC1CCC(N2C(=O)c3ccc4c5c(ccc(c35)C2=O)C(=O)N(C2CC[C@H]3CCCC[C@@H]3C2)C4=O)CC1. The maximum atomic E-state index is 13.8. The Morgan fingerprint density at radius 2 is 0.973 bits per heavy atom. The van der Waals surface area contributed by atoms with Gasteiger partial charge in [-0.25, -0.2) is 0 Å². The number of hydrogen-bond acceptors (Lipinski definition) is 4. The number of imide groups is 2. The normalized spacial score (nSPS) is 31.6. The third kappa shape index (κ3) is 3.37. The van der Waals surface area contributed by atoms with E-state index in [0.717, 1.165) is 50.9 Å². The van der Waals surface area contributed by atoms with Crippen LogP contribution in [0.4, 0.5) is 0 Å². The second kappa shape index (κ2) is 8.50. The molecule has 0 radical (unpaired) electrons. The largest absolute Gasteiger partial charge is 0.271 e. The highest BCUT2D eigenvalue weighted by atomic mass is 16.2. The summed E-state index contributed by atoms with van der Waals surface area (Å²) < 4.78 is 0. The topological polar surface area (TPSA) is 74.8 Å². The fraction of sp³-hybridized carbons (Fsp3) is 0.548. The number of hydrogen-bond donors (Lipinski definition) is 0. The Kier molecular flexibility index (Phi) is 5.31. The van der Waals surface area contributed by atoms with Gasteiger partial charge in [0.1, 0.15) is 0 Å². The van der Waals surface area contributed by atoms with Gasteiger partial charge in [-0.15, -0.1) is 0 Å². The lowest BCUT2D eigenvalue weighted by Gasteiger charge is -2.44. The van der Waals surface area contributed by atoms with E-state index in [4.69, 9.17) is 0 Å². The summed E-state index contributed by atoms with van der Waals surface area (Å²) >= 11 is 0. The van der Waals surface area contributed by atoms with Crippen LogP contribution in [-0.4, -0.2) is 45.5 Å². The molecule has 7 rings (SSSR count). The van der Waals surface area contributed by atoms with Crippen LogP contribution in [-0.2, 0) is 0 Å². The summed E-state index contributed by atoms with van der Waals surface area (Å²) in [4.78, 5) is 57.9. The summed E-state index contributed by atoms with van der Waals surface area (Å²) in [5.74, 6) is 0.795. The molecule has 2 aromatic carbocycles. The molecule has 0 saturated heterocycles. The second-order valence-electron chi connectivity index (χ2n) is 12.2. The van der Waals surface area contributed by atoms with Crippen LogP contribution in [0.2, 0.25) is 0 Å². The summed E-state index contributed by atoms with van der Waals surface area (Å²) in [6.45, 7) is 2.21. The monoisotopic (exact) mass is 498 g/mol. The van der Waals surface area contributed by atoms with Gasteiger partial charge in [-0.1, -0.05) is 32.6 Å². The molecule has 6 nitrogen and oxygen atoms in total. The molecule has 2 aromatic rings. The molecule has 0 aromatic heterocycles. The van der Waals surface area contributed by atoms with Crippen molar-refractivity contribution in [3.63, 3.8) is 0 Å². The Bertz CT molecular complexity index is 1280. The van der Waals surface area contributed by atoms with Gasteiger partial charge in [-0.2, -0.15) is 0 Å². The molecule has 5 aliphatic rings. The zero-order valence-electron chi connectivity index (χ0n) is 21.5. The lowest BCUT2D eigenvalue weighted by Crippen LogP contribution is -2.51. The minimum absolute atomic E-state index is 0.0812. The van der Waals surface area contributed by atoms with E-state index in [0.29, 0.717) is 44.9 Å². The number of fused-ring (bicyclic) bond motifs is 1. The molecule has 3 saturated carbocycles. The third-order valence-corrected chi connectivity index (χ3v) is 10.2. The Morgan fingerprint density at radius 1 is 0.541 bits per heavy atom. The Labute approximate surface area is 217 Å². The van der Waals surface area contributed by atoms with E-state index in [1.807, 2.05) is 0 Å². The van der Waals surface area contributed by atoms with Crippen LogP contribution in [0.25, 0.3) is 10.8 Å². The van der Waals surface area contributed by atoms with Crippen LogP contribution in [0.1, 0.15) is 119 Å². The summed E-state index contributed by atoms with van der Waals surface area (Å²) in [5, 5.41) is 0.981. The number of carbonyl (C=O) groups excluding carboxylic acids is 4. The molecule has 6 heteroatoms. The number of benzene rings is 2.